The number of benzene rings is 12. The summed E-state index contributed by atoms with van der Waals surface area (Å²) in [5, 5.41) is 23.3. The molecule has 0 bridgehead atoms. The third kappa shape index (κ3) is 6.91. The molecule has 0 saturated carbocycles. The maximum absolute atomic E-state index is 10.7. The van der Waals surface area contributed by atoms with Crippen molar-refractivity contribution >= 4 is 133 Å². The van der Waals surface area contributed by atoms with Crippen LogP contribution in [0.1, 0.15) is 5.56 Å². The van der Waals surface area contributed by atoms with Gasteiger partial charge < -0.3 is 18.3 Å². The number of hydrogen-bond donors (Lipinski definition) is 0. The fourth-order valence-corrected chi connectivity index (χ4v) is 19.1. The van der Waals surface area contributed by atoms with Crippen LogP contribution >= 0.6 is 0 Å². The summed E-state index contributed by atoms with van der Waals surface area (Å²) in [6, 6.07) is 95.9. The molecule has 16 rings (SSSR count). The van der Waals surface area contributed by atoms with Crippen LogP contribution in [-0.2, 0) is 0 Å². The fourth-order valence-electron chi connectivity index (χ4n) is 14.0. The average Bonchev–Trinajstić information content (AvgIpc) is 1.96. The minimum atomic E-state index is -3.93. The molecular formula is C76H44N8Si. The van der Waals surface area contributed by atoms with Crippen molar-refractivity contribution in [2.24, 2.45) is 0 Å². The number of para-hydroxylation sites is 7. The van der Waals surface area contributed by atoms with Crippen molar-refractivity contribution in [1.29, 1.82) is 5.26 Å². The van der Waals surface area contributed by atoms with Gasteiger partial charge in [0.1, 0.15) is 0 Å². The van der Waals surface area contributed by atoms with Crippen molar-refractivity contribution in [3.05, 3.63) is 307 Å². The molecule has 0 aliphatic carbocycles. The molecule has 4 aromatic heterocycles. The number of rotatable bonds is 8. The molecule has 0 N–H and O–H groups in total. The van der Waals surface area contributed by atoms with Gasteiger partial charge in [-0.15, -0.1) is 0 Å². The van der Waals surface area contributed by atoms with Crippen molar-refractivity contribution in [2.75, 3.05) is 0 Å². The molecule has 0 radical (unpaired) electrons. The lowest BCUT2D eigenvalue weighted by molar-refractivity contribution is 1.09. The molecule has 9 heteroatoms. The molecule has 12 aromatic carbocycles. The maximum Gasteiger partial charge on any atom is 0.217 e. The molecule has 85 heavy (non-hydrogen) atoms. The minimum absolute atomic E-state index is 0.260. The predicted molar refractivity (Wildman–Crippen MR) is 351 cm³/mol. The number of fused-ring (bicyclic) bond motifs is 12. The second-order valence-corrected chi connectivity index (χ2v) is 25.2. The molecule has 0 amide bonds. The van der Waals surface area contributed by atoms with E-state index in [9.17, 15) is 11.8 Å². The summed E-state index contributed by atoms with van der Waals surface area (Å²) in [5.74, 6) is 0. The van der Waals surface area contributed by atoms with Gasteiger partial charge in [-0.25, -0.2) is 14.5 Å². The van der Waals surface area contributed by atoms with E-state index >= 15 is 0 Å². The summed E-state index contributed by atoms with van der Waals surface area (Å²) in [6.07, 6.45) is 0. The second-order valence-electron chi connectivity index (χ2n) is 21.5. The fraction of sp³-hybridized carbons (Fsp3) is 0. The Morgan fingerprint density at radius 1 is 0.306 bits per heavy atom. The largest absolute Gasteiger partial charge is 0.320 e. The molecule has 0 spiro atoms. The van der Waals surface area contributed by atoms with Crippen molar-refractivity contribution < 1.29 is 0 Å². The van der Waals surface area contributed by atoms with Crippen molar-refractivity contribution in [3.63, 3.8) is 0 Å². The topological polar surface area (TPSA) is 56.6 Å². The van der Waals surface area contributed by atoms with E-state index in [1.54, 1.807) is 0 Å². The van der Waals surface area contributed by atoms with Gasteiger partial charge in [0, 0.05) is 54.5 Å². The zero-order valence-corrected chi connectivity index (χ0v) is 46.5. The van der Waals surface area contributed by atoms with Crippen LogP contribution < -0.4 is 20.7 Å². The summed E-state index contributed by atoms with van der Waals surface area (Å²) in [6.45, 7) is 27.0. The SMILES string of the molecule is [C-]#[N+]c1cc(-n2c3ccccc3c3cc([Si](c4ccccc4)(c4ccccc4)c4c(-n5c6ccccc6c6ccccc65)cc([N+]#[C-])c([N+]#[C-])c4-n4c5ccccc5c5ccccc54)ccc32)c(-n2c3ccccc3c3ccccc32)cc1C#N. The Morgan fingerprint density at radius 3 is 1.05 bits per heavy atom. The Balaban J connectivity index is 1.11. The van der Waals surface area contributed by atoms with Gasteiger partial charge in [-0.05, 0) is 87.5 Å². The summed E-state index contributed by atoms with van der Waals surface area (Å²) < 4.78 is 9.15. The Bertz CT molecular complexity index is 5480. The van der Waals surface area contributed by atoms with Gasteiger partial charge in [-0.3, -0.25) is 0 Å². The van der Waals surface area contributed by atoms with E-state index in [1.165, 1.54) is 0 Å². The van der Waals surface area contributed by atoms with Gasteiger partial charge in [0.2, 0.25) is 11.4 Å². The molecule has 4 heterocycles. The van der Waals surface area contributed by atoms with Crippen LogP contribution in [0.4, 0.5) is 17.1 Å². The zero-order valence-electron chi connectivity index (χ0n) is 45.5. The molecule has 0 fully saturated rings. The van der Waals surface area contributed by atoms with Crippen LogP contribution in [0.2, 0.25) is 0 Å². The van der Waals surface area contributed by atoms with Crippen molar-refractivity contribution in [2.45, 2.75) is 0 Å². The van der Waals surface area contributed by atoms with Crippen molar-refractivity contribution in [1.82, 2.24) is 18.3 Å². The minimum Gasteiger partial charge on any atom is -0.320 e. The van der Waals surface area contributed by atoms with E-state index in [1.807, 2.05) is 30.3 Å². The van der Waals surface area contributed by atoms with Crippen LogP contribution in [0.15, 0.2) is 267 Å². The van der Waals surface area contributed by atoms with Gasteiger partial charge in [0.15, 0.2) is 13.8 Å². The standard InChI is InChI=1S/C76H44N8Si/c1-78-61-46-72(71(44-49(61)48-77)81-63-35-17-10-28-53(63)54-29-11-18-36-64(54)81)82-67-39-21-16-34-59(67)60-45-52(42-43-70(60)82)85(50-24-6-4-7-25-50,51-26-8-5-9-27-51)76-73(83-65-37-19-12-30-55(65)56-31-13-20-38-66(56)83)47-62(79-2)74(80-3)75(76)84-68-40-22-14-32-57(68)58-33-15-23-41-69(58)84/h4-47H. The Labute approximate surface area is 489 Å². The Kier molecular flexibility index (Phi) is 11.0. The van der Waals surface area contributed by atoms with Gasteiger partial charge in [-0.1, -0.05) is 200 Å². The van der Waals surface area contributed by atoms with E-state index < -0.39 is 8.07 Å². The lowest BCUT2D eigenvalue weighted by atomic mass is 10.1. The van der Waals surface area contributed by atoms with E-state index in [4.69, 9.17) is 13.1 Å². The number of nitrogens with zero attached hydrogens (tertiary/aromatic N) is 8. The first-order valence-corrected chi connectivity index (χ1v) is 30.1. The molecular weight excluding hydrogens is 1050 g/mol. The monoisotopic (exact) mass is 1100 g/mol. The average molecular weight is 1100 g/mol. The van der Waals surface area contributed by atoms with Crippen LogP contribution in [0.25, 0.3) is 125 Å². The predicted octanol–water partition coefficient (Wildman–Crippen LogP) is 17.0. The number of hydrogen-bond acceptors (Lipinski definition) is 1. The quantitative estimate of drug-likeness (QED) is 0.0850. The first-order chi connectivity index (χ1) is 42.0. The van der Waals surface area contributed by atoms with Gasteiger partial charge in [-0.2, -0.15) is 5.26 Å². The van der Waals surface area contributed by atoms with Crippen LogP contribution in [0, 0.1) is 31.0 Å². The molecule has 0 aliphatic rings. The first kappa shape index (κ1) is 48.9. The maximum atomic E-state index is 10.7. The van der Waals surface area contributed by atoms with Gasteiger partial charge >= 0.3 is 0 Å². The molecule has 8 nitrogen and oxygen atoms in total. The summed E-state index contributed by atoms with van der Waals surface area (Å²) in [5.41, 5.74) is 11.7. The summed E-state index contributed by atoms with van der Waals surface area (Å²) >= 11 is 0. The highest BCUT2D eigenvalue weighted by Gasteiger charge is 2.47. The van der Waals surface area contributed by atoms with Crippen LogP contribution in [-0.4, -0.2) is 26.3 Å². The second kappa shape index (κ2) is 19.1. The van der Waals surface area contributed by atoms with Crippen LogP contribution in [0.3, 0.4) is 0 Å². The lowest BCUT2D eigenvalue weighted by Gasteiger charge is -2.39. The van der Waals surface area contributed by atoms with E-state index in [2.05, 4.69) is 275 Å². The van der Waals surface area contributed by atoms with Crippen LogP contribution in [0.5, 0.6) is 0 Å². The van der Waals surface area contributed by atoms with Crippen molar-refractivity contribution in [3.8, 4) is 28.8 Å². The first-order valence-electron chi connectivity index (χ1n) is 28.1. The third-order valence-electron chi connectivity index (χ3n) is 17.4. The number of aromatic nitrogens is 4. The molecule has 0 unspecified atom stereocenters. The Morgan fingerprint density at radius 2 is 0.647 bits per heavy atom. The smallest absolute Gasteiger partial charge is 0.217 e. The van der Waals surface area contributed by atoms with Gasteiger partial charge in [0.25, 0.3) is 0 Å². The van der Waals surface area contributed by atoms with E-state index in [0.717, 1.165) is 125 Å². The van der Waals surface area contributed by atoms with Gasteiger partial charge in [0.05, 0.1) is 86.9 Å². The molecule has 0 aliphatic heterocycles. The summed E-state index contributed by atoms with van der Waals surface area (Å²) in [4.78, 5) is 12.8. The highest BCUT2D eigenvalue weighted by Crippen LogP contribution is 2.45. The number of nitriles is 1. The molecule has 0 saturated heterocycles. The molecule has 0 atom stereocenters. The van der Waals surface area contributed by atoms with E-state index in [0.29, 0.717) is 11.3 Å². The third-order valence-corrected chi connectivity index (χ3v) is 22.2. The summed E-state index contributed by atoms with van der Waals surface area (Å²) in [7, 11) is -3.93. The normalized spacial score (nSPS) is 11.7. The lowest BCUT2D eigenvalue weighted by Crippen LogP contribution is -2.76. The van der Waals surface area contributed by atoms with E-state index in [-0.39, 0.29) is 17.1 Å². The highest BCUT2D eigenvalue weighted by molar-refractivity contribution is 7.21. The molecule has 16 aromatic rings. The zero-order chi connectivity index (χ0) is 56.9. The Hall–Kier alpha value is -12.0. The highest BCUT2D eigenvalue weighted by atomic mass is 28.3. The molecule has 392 valence electrons.